The largest absolute Gasteiger partial charge is 0.324 e. The minimum absolute atomic E-state index is 0.167. The van der Waals surface area contributed by atoms with Crippen molar-refractivity contribution in [2.75, 3.05) is 0 Å². The monoisotopic (exact) mass is 243 g/mol. The Bertz CT molecular complexity index is 312. The van der Waals surface area contributed by atoms with Crippen LogP contribution in [0, 0.1) is 5.82 Å². The van der Waals surface area contributed by atoms with Gasteiger partial charge in [0, 0.05) is 6.04 Å². The molecular weight excluding hydrogens is 233 g/mol. The molecule has 1 atom stereocenters. The molecule has 1 rings (SSSR count). The van der Waals surface area contributed by atoms with Gasteiger partial charge in [0.2, 0.25) is 0 Å². The van der Waals surface area contributed by atoms with Crippen LogP contribution in [0.2, 0.25) is 0 Å². The van der Waals surface area contributed by atoms with Crippen molar-refractivity contribution in [1.82, 2.24) is 0 Å². The van der Waals surface area contributed by atoms with Gasteiger partial charge in [0.05, 0.1) is 4.47 Å². The third-order valence-electron chi connectivity index (χ3n) is 1.79. The van der Waals surface area contributed by atoms with Crippen LogP contribution in [0.25, 0.3) is 0 Å². The minimum atomic E-state index is -0.281. The number of rotatable bonds is 3. The highest BCUT2D eigenvalue weighted by atomic mass is 79.9. The molecule has 0 spiro atoms. The first-order chi connectivity index (χ1) is 6.15. The average Bonchev–Trinajstić information content (AvgIpc) is 2.10. The molecule has 13 heavy (non-hydrogen) atoms. The highest BCUT2D eigenvalue weighted by Crippen LogP contribution is 2.21. The summed E-state index contributed by atoms with van der Waals surface area (Å²) < 4.78 is 13.5. The standard InChI is InChI=1S/C10H11BrFN/c1-2-3-10(13)7-4-5-8(11)9(12)6-7/h2,4-6,10H,1,3,13H2/t10-/m1/s1. The topological polar surface area (TPSA) is 26.0 Å². The first-order valence-electron chi connectivity index (χ1n) is 3.96. The summed E-state index contributed by atoms with van der Waals surface area (Å²) in [5.41, 5.74) is 6.56. The Morgan fingerprint density at radius 2 is 2.31 bits per heavy atom. The van der Waals surface area contributed by atoms with E-state index in [2.05, 4.69) is 22.5 Å². The second-order valence-electron chi connectivity index (χ2n) is 2.80. The van der Waals surface area contributed by atoms with Crippen LogP contribution < -0.4 is 5.73 Å². The van der Waals surface area contributed by atoms with Crippen LogP contribution in [-0.2, 0) is 0 Å². The van der Waals surface area contributed by atoms with E-state index in [1.165, 1.54) is 6.07 Å². The molecule has 1 nitrogen and oxygen atoms in total. The molecule has 0 heterocycles. The number of benzene rings is 1. The fourth-order valence-corrected chi connectivity index (χ4v) is 1.31. The normalized spacial score (nSPS) is 12.5. The van der Waals surface area contributed by atoms with Gasteiger partial charge in [-0.25, -0.2) is 4.39 Å². The summed E-state index contributed by atoms with van der Waals surface area (Å²) in [5.74, 6) is -0.281. The number of hydrogen-bond acceptors (Lipinski definition) is 1. The van der Waals surface area contributed by atoms with Crippen molar-refractivity contribution in [3.63, 3.8) is 0 Å². The molecule has 0 saturated carbocycles. The SMILES string of the molecule is C=CC[C@@H](N)c1ccc(Br)c(F)c1. The first-order valence-corrected chi connectivity index (χ1v) is 4.76. The molecule has 0 fully saturated rings. The third-order valence-corrected chi connectivity index (χ3v) is 2.44. The van der Waals surface area contributed by atoms with Crippen LogP contribution in [0.3, 0.4) is 0 Å². The molecule has 0 aromatic heterocycles. The summed E-state index contributed by atoms with van der Waals surface area (Å²) in [6.07, 6.45) is 2.38. The minimum Gasteiger partial charge on any atom is -0.324 e. The van der Waals surface area contributed by atoms with Crippen molar-refractivity contribution in [1.29, 1.82) is 0 Å². The van der Waals surface area contributed by atoms with Gasteiger partial charge < -0.3 is 5.73 Å². The maximum Gasteiger partial charge on any atom is 0.137 e. The second kappa shape index (κ2) is 4.53. The van der Waals surface area contributed by atoms with Crippen molar-refractivity contribution in [2.24, 2.45) is 5.73 Å². The van der Waals surface area contributed by atoms with Gasteiger partial charge in [-0.1, -0.05) is 12.1 Å². The lowest BCUT2D eigenvalue weighted by molar-refractivity contribution is 0.613. The first kappa shape index (κ1) is 10.4. The molecule has 0 aliphatic heterocycles. The Hall–Kier alpha value is -0.670. The maximum atomic E-state index is 13.1. The lowest BCUT2D eigenvalue weighted by Crippen LogP contribution is -2.09. The van der Waals surface area contributed by atoms with Crippen LogP contribution >= 0.6 is 15.9 Å². The van der Waals surface area contributed by atoms with Crippen molar-refractivity contribution in [3.05, 3.63) is 46.7 Å². The zero-order valence-electron chi connectivity index (χ0n) is 7.13. The molecule has 0 saturated heterocycles. The molecule has 3 heteroatoms. The van der Waals surface area contributed by atoms with Crippen LogP contribution in [0.15, 0.2) is 35.3 Å². The molecule has 0 aliphatic rings. The van der Waals surface area contributed by atoms with E-state index in [-0.39, 0.29) is 11.9 Å². The summed E-state index contributed by atoms with van der Waals surface area (Å²) in [5, 5.41) is 0. The van der Waals surface area contributed by atoms with Crippen LogP contribution in [0.5, 0.6) is 0 Å². The van der Waals surface area contributed by atoms with Gasteiger partial charge in [-0.2, -0.15) is 0 Å². The Morgan fingerprint density at radius 1 is 1.62 bits per heavy atom. The second-order valence-corrected chi connectivity index (χ2v) is 3.66. The molecule has 0 amide bonds. The van der Waals surface area contributed by atoms with Gasteiger partial charge in [-0.15, -0.1) is 6.58 Å². The van der Waals surface area contributed by atoms with Crippen molar-refractivity contribution in [3.8, 4) is 0 Å². The molecule has 0 bridgehead atoms. The Labute approximate surface area is 85.6 Å². The summed E-state index contributed by atoms with van der Waals surface area (Å²) in [4.78, 5) is 0. The Morgan fingerprint density at radius 3 is 2.85 bits per heavy atom. The summed E-state index contributed by atoms with van der Waals surface area (Å²) >= 11 is 3.08. The van der Waals surface area contributed by atoms with E-state index < -0.39 is 0 Å². The van der Waals surface area contributed by atoms with Gasteiger partial charge >= 0.3 is 0 Å². The molecule has 0 unspecified atom stereocenters. The zero-order valence-corrected chi connectivity index (χ0v) is 8.72. The molecule has 2 N–H and O–H groups in total. The summed E-state index contributed by atoms with van der Waals surface area (Å²) in [7, 11) is 0. The Kier molecular flexibility index (Phi) is 3.63. The van der Waals surface area contributed by atoms with E-state index in [9.17, 15) is 4.39 Å². The van der Waals surface area contributed by atoms with Gasteiger partial charge in [0.1, 0.15) is 5.82 Å². The van der Waals surface area contributed by atoms with Crippen molar-refractivity contribution in [2.45, 2.75) is 12.5 Å². The van der Waals surface area contributed by atoms with E-state index in [0.717, 1.165) is 5.56 Å². The van der Waals surface area contributed by atoms with E-state index in [0.29, 0.717) is 10.9 Å². The lowest BCUT2D eigenvalue weighted by atomic mass is 10.1. The number of hydrogen-bond donors (Lipinski definition) is 1. The number of nitrogens with two attached hydrogens (primary N) is 1. The van der Waals surface area contributed by atoms with Gasteiger partial charge in [-0.05, 0) is 40.0 Å². The van der Waals surface area contributed by atoms with Gasteiger partial charge in [0.25, 0.3) is 0 Å². The maximum absolute atomic E-state index is 13.1. The van der Waals surface area contributed by atoms with E-state index in [1.807, 2.05) is 0 Å². The van der Waals surface area contributed by atoms with Crippen LogP contribution in [0.4, 0.5) is 4.39 Å². The molecule has 0 aliphatic carbocycles. The van der Waals surface area contributed by atoms with Gasteiger partial charge in [0.15, 0.2) is 0 Å². The van der Waals surface area contributed by atoms with Crippen molar-refractivity contribution < 1.29 is 4.39 Å². The quantitative estimate of drug-likeness (QED) is 0.812. The predicted octanol–water partition coefficient (Wildman–Crippen LogP) is 3.16. The average molecular weight is 244 g/mol. The van der Waals surface area contributed by atoms with E-state index in [4.69, 9.17) is 5.73 Å². The van der Waals surface area contributed by atoms with Crippen LogP contribution in [0.1, 0.15) is 18.0 Å². The molecule has 70 valence electrons. The highest BCUT2D eigenvalue weighted by molar-refractivity contribution is 9.10. The summed E-state index contributed by atoms with van der Waals surface area (Å²) in [6.45, 7) is 3.58. The van der Waals surface area contributed by atoms with Crippen molar-refractivity contribution >= 4 is 15.9 Å². The fraction of sp³-hybridized carbons (Fsp3) is 0.200. The zero-order chi connectivity index (χ0) is 9.84. The number of halogens is 2. The van der Waals surface area contributed by atoms with E-state index >= 15 is 0 Å². The molecule has 1 aromatic carbocycles. The fourth-order valence-electron chi connectivity index (χ4n) is 1.06. The van der Waals surface area contributed by atoms with E-state index in [1.54, 1.807) is 18.2 Å². The predicted molar refractivity (Wildman–Crippen MR) is 55.8 cm³/mol. The molecule has 0 radical (unpaired) electrons. The highest BCUT2D eigenvalue weighted by Gasteiger charge is 2.06. The Balaban J connectivity index is 2.89. The molecular formula is C10H11BrFN. The van der Waals surface area contributed by atoms with Crippen LogP contribution in [-0.4, -0.2) is 0 Å². The third kappa shape index (κ3) is 2.64. The molecule has 1 aromatic rings. The summed E-state index contributed by atoms with van der Waals surface area (Å²) in [6, 6.07) is 4.74. The van der Waals surface area contributed by atoms with Gasteiger partial charge in [-0.3, -0.25) is 0 Å². The smallest absolute Gasteiger partial charge is 0.137 e. The lowest BCUT2D eigenvalue weighted by Gasteiger charge is -2.09.